The molecule has 1 N–H and O–H groups in total. The highest BCUT2D eigenvalue weighted by atomic mass is 16.1. The van der Waals surface area contributed by atoms with Gasteiger partial charge in [0.1, 0.15) is 6.42 Å². The Hall–Kier alpha value is -2.61. The van der Waals surface area contributed by atoms with E-state index in [1.54, 1.807) is 16.9 Å². The van der Waals surface area contributed by atoms with Crippen molar-refractivity contribution in [3.63, 3.8) is 0 Å². The Labute approximate surface area is 105 Å². The summed E-state index contributed by atoms with van der Waals surface area (Å²) in [7, 11) is 1.85. The molecule has 0 aliphatic rings. The Morgan fingerprint density at radius 3 is 3.00 bits per heavy atom. The second-order valence-corrected chi connectivity index (χ2v) is 3.87. The minimum atomic E-state index is -0.305. The molecule has 1 amide bonds. The summed E-state index contributed by atoms with van der Waals surface area (Å²) < 4.78 is 1.72. The van der Waals surface area contributed by atoms with Crippen molar-refractivity contribution >= 4 is 11.6 Å². The van der Waals surface area contributed by atoms with Gasteiger partial charge >= 0.3 is 0 Å². The standard InChI is InChI=1S/C13H12N4O/c1-17-9-11(8-15-17)10-3-2-4-12(7-10)16-13(18)5-6-14/h2-4,7-9H,5H2,1H3,(H,16,18). The van der Waals surface area contributed by atoms with Crippen LogP contribution in [0.5, 0.6) is 0 Å². The van der Waals surface area contributed by atoms with Crippen LogP contribution in [-0.4, -0.2) is 15.7 Å². The largest absolute Gasteiger partial charge is 0.325 e. The summed E-state index contributed by atoms with van der Waals surface area (Å²) in [5.74, 6) is -0.305. The van der Waals surface area contributed by atoms with E-state index in [1.165, 1.54) is 0 Å². The Kier molecular flexibility index (Phi) is 3.39. The highest BCUT2D eigenvalue weighted by molar-refractivity contribution is 5.92. The van der Waals surface area contributed by atoms with Crippen molar-refractivity contribution < 1.29 is 4.79 Å². The van der Waals surface area contributed by atoms with E-state index in [0.29, 0.717) is 5.69 Å². The van der Waals surface area contributed by atoms with Gasteiger partial charge in [-0.25, -0.2) is 0 Å². The molecule has 1 aromatic carbocycles. The lowest BCUT2D eigenvalue weighted by molar-refractivity contribution is -0.115. The maximum Gasteiger partial charge on any atom is 0.238 e. The number of benzene rings is 1. The first-order valence-corrected chi connectivity index (χ1v) is 5.45. The van der Waals surface area contributed by atoms with Crippen LogP contribution in [0.1, 0.15) is 6.42 Å². The summed E-state index contributed by atoms with van der Waals surface area (Å²) in [4.78, 5) is 11.3. The average molecular weight is 240 g/mol. The van der Waals surface area contributed by atoms with Crippen molar-refractivity contribution in [2.45, 2.75) is 6.42 Å². The van der Waals surface area contributed by atoms with Crippen molar-refractivity contribution in [1.82, 2.24) is 9.78 Å². The van der Waals surface area contributed by atoms with Crippen LogP contribution in [0, 0.1) is 11.3 Å². The molecule has 2 aromatic rings. The van der Waals surface area contributed by atoms with E-state index in [0.717, 1.165) is 11.1 Å². The number of hydrogen-bond donors (Lipinski definition) is 1. The molecule has 0 fully saturated rings. The Bertz CT molecular complexity index is 609. The number of carbonyl (C=O) groups is 1. The average Bonchev–Trinajstić information content (AvgIpc) is 2.76. The molecule has 1 aromatic heterocycles. The number of amides is 1. The maximum atomic E-state index is 11.3. The molecule has 0 aliphatic heterocycles. The molecule has 1 heterocycles. The summed E-state index contributed by atoms with van der Waals surface area (Å²) in [5, 5.41) is 15.2. The molecule has 2 rings (SSSR count). The summed E-state index contributed by atoms with van der Waals surface area (Å²) >= 11 is 0. The minimum absolute atomic E-state index is 0.142. The van der Waals surface area contributed by atoms with Gasteiger partial charge in [-0.3, -0.25) is 9.48 Å². The first kappa shape index (κ1) is 11.9. The number of nitrogens with one attached hydrogen (secondary N) is 1. The van der Waals surface area contributed by atoms with Gasteiger partial charge in [0, 0.05) is 24.5 Å². The number of anilines is 1. The van der Waals surface area contributed by atoms with Crippen LogP contribution in [0.4, 0.5) is 5.69 Å². The SMILES string of the molecule is Cn1cc(-c2cccc(NC(=O)CC#N)c2)cn1. The van der Waals surface area contributed by atoms with Gasteiger partial charge in [-0.15, -0.1) is 0 Å². The molecular weight excluding hydrogens is 228 g/mol. The van der Waals surface area contributed by atoms with Crippen LogP contribution in [0.2, 0.25) is 0 Å². The van der Waals surface area contributed by atoms with E-state index >= 15 is 0 Å². The van der Waals surface area contributed by atoms with Crippen molar-refractivity contribution in [3.05, 3.63) is 36.7 Å². The maximum absolute atomic E-state index is 11.3. The van der Waals surface area contributed by atoms with Gasteiger partial charge in [0.2, 0.25) is 5.91 Å². The Balaban J connectivity index is 2.20. The summed E-state index contributed by atoms with van der Waals surface area (Å²) in [6.07, 6.45) is 3.52. The van der Waals surface area contributed by atoms with E-state index in [1.807, 2.05) is 37.5 Å². The molecule has 0 radical (unpaired) electrons. The van der Waals surface area contributed by atoms with Crippen LogP contribution >= 0.6 is 0 Å². The van der Waals surface area contributed by atoms with Crippen molar-refractivity contribution in [2.75, 3.05) is 5.32 Å². The third-order valence-corrected chi connectivity index (χ3v) is 2.42. The minimum Gasteiger partial charge on any atom is -0.325 e. The van der Waals surface area contributed by atoms with Crippen molar-refractivity contribution in [3.8, 4) is 17.2 Å². The summed E-state index contributed by atoms with van der Waals surface area (Å²) in [6, 6.07) is 9.25. The predicted octanol–water partition coefficient (Wildman–Crippen LogP) is 1.94. The normalized spacial score (nSPS) is 9.78. The van der Waals surface area contributed by atoms with Crippen molar-refractivity contribution in [2.24, 2.45) is 7.05 Å². The van der Waals surface area contributed by atoms with Crippen molar-refractivity contribution in [1.29, 1.82) is 5.26 Å². The molecule has 5 nitrogen and oxygen atoms in total. The first-order valence-electron chi connectivity index (χ1n) is 5.45. The van der Waals surface area contributed by atoms with E-state index < -0.39 is 0 Å². The molecular formula is C13H12N4O. The second-order valence-electron chi connectivity index (χ2n) is 3.87. The van der Waals surface area contributed by atoms with Gasteiger partial charge in [-0.2, -0.15) is 10.4 Å². The molecule has 0 unspecified atom stereocenters. The lowest BCUT2D eigenvalue weighted by Crippen LogP contribution is -2.09. The van der Waals surface area contributed by atoms with E-state index in [9.17, 15) is 4.79 Å². The van der Waals surface area contributed by atoms with Gasteiger partial charge in [0.05, 0.1) is 12.3 Å². The highest BCUT2D eigenvalue weighted by Gasteiger charge is 2.04. The van der Waals surface area contributed by atoms with Crippen LogP contribution < -0.4 is 5.32 Å². The third-order valence-electron chi connectivity index (χ3n) is 2.42. The molecule has 0 aliphatic carbocycles. The lowest BCUT2D eigenvalue weighted by atomic mass is 10.1. The quantitative estimate of drug-likeness (QED) is 0.891. The number of rotatable bonds is 3. The van der Waals surface area contributed by atoms with Gasteiger partial charge in [-0.1, -0.05) is 12.1 Å². The lowest BCUT2D eigenvalue weighted by Gasteiger charge is -2.04. The number of aryl methyl sites for hydroxylation is 1. The number of aromatic nitrogens is 2. The van der Waals surface area contributed by atoms with E-state index in [2.05, 4.69) is 10.4 Å². The molecule has 0 bridgehead atoms. The number of hydrogen-bond acceptors (Lipinski definition) is 3. The highest BCUT2D eigenvalue weighted by Crippen LogP contribution is 2.21. The van der Waals surface area contributed by atoms with Gasteiger partial charge in [-0.05, 0) is 17.7 Å². The first-order chi connectivity index (χ1) is 8.69. The summed E-state index contributed by atoms with van der Waals surface area (Å²) in [6.45, 7) is 0. The Morgan fingerprint density at radius 1 is 1.50 bits per heavy atom. The van der Waals surface area contributed by atoms with Crippen LogP contribution in [0.3, 0.4) is 0 Å². The van der Waals surface area contributed by atoms with E-state index in [4.69, 9.17) is 5.26 Å². The number of nitrogens with zero attached hydrogens (tertiary/aromatic N) is 3. The van der Waals surface area contributed by atoms with E-state index in [-0.39, 0.29) is 12.3 Å². The zero-order valence-electron chi connectivity index (χ0n) is 9.92. The van der Waals surface area contributed by atoms with Crippen LogP contribution in [-0.2, 0) is 11.8 Å². The molecule has 0 atom stereocenters. The number of carbonyl (C=O) groups excluding carboxylic acids is 1. The smallest absolute Gasteiger partial charge is 0.238 e. The second kappa shape index (κ2) is 5.15. The van der Waals surface area contributed by atoms with Gasteiger partial charge in [0.15, 0.2) is 0 Å². The summed E-state index contributed by atoms with van der Waals surface area (Å²) in [5.41, 5.74) is 2.63. The van der Waals surface area contributed by atoms with Gasteiger partial charge in [0.25, 0.3) is 0 Å². The topological polar surface area (TPSA) is 70.7 Å². The van der Waals surface area contributed by atoms with Crippen LogP contribution in [0.15, 0.2) is 36.7 Å². The Morgan fingerprint density at radius 2 is 2.33 bits per heavy atom. The molecule has 0 saturated carbocycles. The zero-order chi connectivity index (χ0) is 13.0. The number of nitriles is 1. The zero-order valence-corrected chi connectivity index (χ0v) is 9.92. The fourth-order valence-electron chi connectivity index (χ4n) is 1.62. The fraction of sp³-hybridized carbons (Fsp3) is 0.154. The van der Waals surface area contributed by atoms with Crippen LogP contribution in [0.25, 0.3) is 11.1 Å². The molecule has 0 spiro atoms. The monoisotopic (exact) mass is 240 g/mol. The molecule has 5 heteroatoms. The molecule has 0 saturated heterocycles. The predicted molar refractivity (Wildman–Crippen MR) is 67.5 cm³/mol. The third kappa shape index (κ3) is 2.74. The van der Waals surface area contributed by atoms with Gasteiger partial charge < -0.3 is 5.32 Å². The molecule has 90 valence electrons. The fourth-order valence-corrected chi connectivity index (χ4v) is 1.62. The molecule has 18 heavy (non-hydrogen) atoms.